The van der Waals surface area contributed by atoms with Gasteiger partial charge in [-0.3, -0.25) is 0 Å². The van der Waals surface area contributed by atoms with Crippen LogP contribution in [0.1, 0.15) is 13.3 Å². The van der Waals surface area contributed by atoms with E-state index in [0.29, 0.717) is 0 Å². The fraction of sp³-hybridized carbons (Fsp3) is 0.500. The zero-order chi connectivity index (χ0) is 7.82. The summed E-state index contributed by atoms with van der Waals surface area (Å²) < 4.78 is 5.48. The molecule has 0 aliphatic rings. The van der Waals surface area contributed by atoms with Crippen LogP contribution in [-0.4, -0.2) is 15.9 Å². The first-order valence-electron chi connectivity index (χ1n) is 3.71. The van der Waals surface area contributed by atoms with Gasteiger partial charge in [0.1, 0.15) is 0 Å². The molecule has 58 valence electrons. The molecule has 0 aromatic rings. The molecule has 0 aliphatic carbocycles. The van der Waals surface area contributed by atoms with Crippen LogP contribution < -0.4 is 0 Å². The van der Waals surface area contributed by atoms with Gasteiger partial charge in [-0.1, -0.05) is 25.5 Å². The minimum atomic E-state index is -0.301. The van der Waals surface area contributed by atoms with Gasteiger partial charge < -0.3 is 4.43 Å². The molecule has 0 N–H and O–H groups in total. The molecule has 0 fully saturated rings. The molecule has 0 saturated heterocycles. The summed E-state index contributed by atoms with van der Waals surface area (Å²) in [6.07, 6.45) is 4.90. The van der Waals surface area contributed by atoms with Gasteiger partial charge in [-0.25, -0.2) is 0 Å². The molecule has 0 bridgehead atoms. The van der Waals surface area contributed by atoms with Crippen molar-refractivity contribution in [2.75, 3.05) is 0 Å². The highest BCUT2D eigenvalue weighted by atomic mass is 28.2. The Morgan fingerprint density at radius 3 is 2.50 bits per heavy atom. The third kappa shape index (κ3) is 4.53. The van der Waals surface area contributed by atoms with E-state index in [1.807, 2.05) is 0 Å². The number of rotatable bonds is 6. The second kappa shape index (κ2) is 6.77. The third-order valence-electron chi connectivity index (χ3n) is 1.27. The summed E-state index contributed by atoms with van der Waals surface area (Å²) >= 11 is 0. The van der Waals surface area contributed by atoms with Crippen molar-refractivity contribution in [3.8, 4) is 0 Å². The molecular formula is C8H16OSi. The monoisotopic (exact) mass is 156 g/mol. The van der Waals surface area contributed by atoms with Gasteiger partial charge in [0.05, 0.1) is 6.10 Å². The van der Waals surface area contributed by atoms with Gasteiger partial charge in [0.2, 0.25) is 0 Å². The van der Waals surface area contributed by atoms with Gasteiger partial charge in [-0.15, -0.1) is 13.2 Å². The standard InChI is InChI=1S/C8H16OSi/c1-4-7-10-9-8(5-2)6-3/h5-6,8H,2-4,7,10H2,1H3. The van der Waals surface area contributed by atoms with E-state index in [0.717, 1.165) is 0 Å². The maximum absolute atomic E-state index is 5.48. The Labute approximate surface area is 65.7 Å². The molecule has 0 aliphatic heterocycles. The minimum Gasteiger partial charge on any atom is -0.414 e. The van der Waals surface area contributed by atoms with Crippen LogP contribution in [0.2, 0.25) is 6.04 Å². The van der Waals surface area contributed by atoms with E-state index in [1.54, 1.807) is 12.2 Å². The van der Waals surface area contributed by atoms with Crippen molar-refractivity contribution >= 4 is 9.76 Å². The van der Waals surface area contributed by atoms with Crippen LogP contribution >= 0.6 is 0 Å². The summed E-state index contributed by atoms with van der Waals surface area (Å²) in [6, 6.07) is 1.25. The molecule has 0 rings (SSSR count). The molecule has 0 atom stereocenters. The first-order chi connectivity index (χ1) is 4.85. The quantitative estimate of drug-likeness (QED) is 0.323. The van der Waals surface area contributed by atoms with Crippen molar-refractivity contribution in [3.63, 3.8) is 0 Å². The normalized spacial score (nSPS) is 11.0. The van der Waals surface area contributed by atoms with E-state index in [4.69, 9.17) is 4.43 Å². The van der Waals surface area contributed by atoms with Crippen LogP contribution in [0.25, 0.3) is 0 Å². The van der Waals surface area contributed by atoms with Crippen molar-refractivity contribution in [1.82, 2.24) is 0 Å². The Kier molecular flexibility index (Phi) is 6.54. The van der Waals surface area contributed by atoms with Crippen molar-refractivity contribution in [2.45, 2.75) is 25.5 Å². The van der Waals surface area contributed by atoms with Crippen LogP contribution in [0.4, 0.5) is 0 Å². The Morgan fingerprint density at radius 2 is 2.10 bits per heavy atom. The van der Waals surface area contributed by atoms with Gasteiger partial charge in [-0.2, -0.15) is 0 Å². The molecule has 0 amide bonds. The molecule has 0 saturated carbocycles. The van der Waals surface area contributed by atoms with Crippen LogP contribution in [-0.2, 0) is 4.43 Å². The molecule has 0 radical (unpaired) electrons. The lowest BCUT2D eigenvalue weighted by Gasteiger charge is -2.07. The van der Waals surface area contributed by atoms with Gasteiger partial charge in [-0.05, 0) is 6.04 Å². The highest BCUT2D eigenvalue weighted by Crippen LogP contribution is 1.95. The van der Waals surface area contributed by atoms with E-state index < -0.39 is 0 Å². The lowest BCUT2D eigenvalue weighted by Crippen LogP contribution is -2.08. The van der Waals surface area contributed by atoms with Gasteiger partial charge in [0.15, 0.2) is 9.76 Å². The fourth-order valence-corrected chi connectivity index (χ4v) is 1.60. The average Bonchev–Trinajstić information content (AvgIpc) is 1.99. The molecule has 0 aromatic heterocycles. The Morgan fingerprint density at radius 1 is 1.50 bits per heavy atom. The zero-order valence-electron chi connectivity index (χ0n) is 6.68. The average molecular weight is 156 g/mol. The second-order valence-corrected chi connectivity index (χ2v) is 3.61. The van der Waals surface area contributed by atoms with E-state index in [1.165, 1.54) is 12.5 Å². The highest BCUT2D eigenvalue weighted by molar-refractivity contribution is 6.27. The molecule has 0 spiro atoms. The highest BCUT2D eigenvalue weighted by Gasteiger charge is 1.95. The zero-order valence-corrected chi connectivity index (χ0v) is 8.09. The second-order valence-electron chi connectivity index (χ2n) is 2.16. The predicted octanol–water partition coefficient (Wildman–Crippen LogP) is 1.66. The summed E-state index contributed by atoms with van der Waals surface area (Å²) in [5, 5.41) is 0. The molecule has 2 heteroatoms. The van der Waals surface area contributed by atoms with Crippen molar-refractivity contribution in [3.05, 3.63) is 25.3 Å². The number of hydrogen-bond donors (Lipinski definition) is 0. The maximum atomic E-state index is 5.48. The van der Waals surface area contributed by atoms with E-state index in [9.17, 15) is 0 Å². The summed E-state index contributed by atoms with van der Waals surface area (Å²) in [6.45, 7) is 9.45. The van der Waals surface area contributed by atoms with Crippen LogP contribution in [0.5, 0.6) is 0 Å². The Bertz CT molecular complexity index is 93.4. The van der Waals surface area contributed by atoms with Gasteiger partial charge >= 0.3 is 0 Å². The molecule has 1 nitrogen and oxygen atoms in total. The SMILES string of the molecule is C=CC(C=C)O[SiH2]CCC. The van der Waals surface area contributed by atoms with Gasteiger partial charge in [0, 0.05) is 0 Å². The summed E-state index contributed by atoms with van der Waals surface area (Å²) in [7, 11) is -0.301. The minimum absolute atomic E-state index is 0.0956. The molecule has 10 heavy (non-hydrogen) atoms. The largest absolute Gasteiger partial charge is 0.414 e. The fourth-order valence-electron chi connectivity index (χ4n) is 0.596. The number of hydrogen-bond acceptors (Lipinski definition) is 1. The molecule has 0 heterocycles. The lowest BCUT2D eigenvalue weighted by atomic mass is 10.4. The molecule has 0 aromatic carbocycles. The summed E-state index contributed by atoms with van der Waals surface area (Å²) in [4.78, 5) is 0. The van der Waals surface area contributed by atoms with E-state index in [-0.39, 0.29) is 15.9 Å². The Balaban J connectivity index is 3.25. The van der Waals surface area contributed by atoms with Gasteiger partial charge in [0.25, 0.3) is 0 Å². The van der Waals surface area contributed by atoms with Crippen LogP contribution in [0.3, 0.4) is 0 Å². The van der Waals surface area contributed by atoms with E-state index >= 15 is 0 Å². The van der Waals surface area contributed by atoms with Crippen LogP contribution in [0.15, 0.2) is 25.3 Å². The van der Waals surface area contributed by atoms with E-state index in [2.05, 4.69) is 20.1 Å². The van der Waals surface area contributed by atoms with Crippen LogP contribution in [0, 0.1) is 0 Å². The molecule has 0 unspecified atom stereocenters. The lowest BCUT2D eigenvalue weighted by molar-refractivity contribution is 0.313. The van der Waals surface area contributed by atoms with Crippen molar-refractivity contribution < 1.29 is 4.43 Å². The molecular weight excluding hydrogens is 140 g/mol. The first-order valence-corrected chi connectivity index (χ1v) is 5.29. The van der Waals surface area contributed by atoms with Crippen molar-refractivity contribution in [1.29, 1.82) is 0 Å². The maximum Gasteiger partial charge on any atom is 0.162 e. The first kappa shape index (κ1) is 9.66. The summed E-state index contributed by atoms with van der Waals surface area (Å²) in [5.74, 6) is 0. The smallest absolute Gasteiger partial charge is 0.162 e. The Hall–Kier alpha value is -0.343. The third-order valence-corrected chi connectivity index (χ3v) is 2.89. The van der Waals surface area contributed by atoms with Crippen molar-refractivity contribution in [2.24, 2.45) is 0 Å². The predicted molar refractivity (Wildman–Crippen MR) is 48.9 cm³/mol. The summed E-state index contributed by atoms with van der Waals surface area (Å²) in [5.41, 5.74) is 0. The topological polar surface area (TPSA) is 9.23 Å².